The Morgan fingerprint density at radius 2 is 1.78 bits per heavy atom. The topological polar surface area (TPSA) is 75.6 Å². The van der Waals surface area contributed by atoms with Crippen molar-refractivity contribution in [1.82, 2.24) is 0 Å². The van der Waals surface area contributed by atoms with Crippen LogP contribution in [0.3, 0.4) is 0 Å². The van der Waals surface area contributed by atoms with E-state index < -0.39 is 30.0 Å². The molecule has 5 atom stereocenters. The van der Waals surface area contributed by atoms with Gasteiger partial charge in [0.05, 0.1) is 18.1 Å². The summed E-state index contributed by atoms with van der Waals surface area (Å²) in [6.45, 7) is 4.29. The third kappa shape index (κ3) is 2.88. The normalized spacial score (nSPS) is 29.5. The number of carboxylic acids is 1. The largest absolute Gasteiger partial charge is 0.481 e. The Hall–Kier alpha value is -2.14. The molecule has 2 aliphatic heterocycles. The van der Waals surface area contributed by atoms with Crippen LogP contribution in [0.25, 0.3) is 0 Å². The first-order valence-electron chi connectivity index (χ1n) is 7.98. The zero-order valence-electron chi connectivity index (χ0n) is 13.2. The lowest BCUT2D eigenvalue weighted by atomic mass is 9.82. The molecule has 0 spiro atoms. The molecule has 2 N–H and O–H groups in total. The number of ether oxygens (including phenoxy) is 1. The Kier molecular flexibility index (Phi) is 4.22. The monoisotopic (exact) mass is 315 g/mol. The van der Waals surface area contributed by atoms with Crippen LogP contribution in [0.5, 0.6) is 0 Å². The van der Waals surface area contributed by atoms with Crippen LogP contribution in [-0.2, 0) is 14.3 Å². The van der Waals surface area contributed by atoms with E-state index >= 15 is 0 Å². The third-order valence-corrected chi connectivity index (χ3v) is 4.85. The summed E-state index contributed by atoms with van der Waals surface area (Å²) in [5, 5.41) is 12.2. The summed E-state index contributed by atoms with van der Waals surface area (Å²) in [4.78, 5) is 23.9. The zero-order chi connectivity index (χ0) is 16.6. The van der Waals surface area contributed by atoms with Crippen LogP contribution in [0.15, 0.2) is 36.4 Å². The molecule has 2 bridgehead atoms. The van der Waals surface area contributed by atoms with Gasteiger partial charge in [-0.1, -0.05) is 38.1 Å². The lowest BCUT2D eigenvalue weighted by Gasteiger charge is -2.21. The maximum atomic E-state index is 12.5. The molecule has 1 aromatic rings. The van der Waals surface area contributed by atoms with Crippen molar-refractivity contribution in [2.24, 2.45) is 11.8 Å². The summed E-state index contributed by atoms with van der Waals surface area (Å²) < 4.78 is 5.53. The van der Waals surface area contributed by atoms with Gasteiger partial charge < -0.3 is 15.2 Å². The number of rotatable bonds is 5. The first-order chi connectivity index (χ1) is 11.0. The Labute approximate surface area is 135 Å². The van der Waals surface area contributed by atoms with E-state index in [0.29, 0.717) is 11.6 Å². The van der Waals surface area contributed by atoms with Crippen LogP contribution < -0.4 is 5.32 Å². The molecule has 5 heteroatoms. The Bertz CT molecular complexity index is 637. The van der Waals surface area contributed by atoms with Crippen LogP contribution in [0, 0.1) is 11.8 Å². The summed E-state index contributed by atoms with van der Waals surface area (Å²) in [5.74, 6) is -2.32. The molecule has 1 aromatic carbocycles. The zero-order valence-corrected chi connectivity index (χ0v) is 13.2. The van der Waals surface area contributed by atoms with Crippen molar-refractivity contribution in [3.63, 3.8) is 0 Å². The van der Waals surface area contributed by atoms with E-state index in [9.17, 15) is 14.7 Å². The quantitative estimate of drug-likeness (QED) is 0.819. The Balaban J connectivity index is 1.72. The van der Waals surface area contributed by atoms with E-state index in [2.05, 4.69) is 19.2 Å². The number of anilines is 1. The highest BCUT2D eigenvalue weighted by atomic mass is 16.5. The van der Waals surface area contributed by atoms with E-state index in [1.54, 1.807) is 12.2 Å². The number of fused-ring (bicyclic) bond motifs is 2. The van der Waals surface area contributed by atoms with Gasteiger partial charge in [-0.05, 0) is 30.0 Å². The van der Waals surface area contributed by atoms with Crippen LogP contribution in [0.1, 0.15) is 31.7 Å². The smallest absolute Gasteiger partial charge is 0.310 e. The number of carbonyl (C=O) groups excluding carboxylic acids is 1. The van der Waals surface area contributed by atoms with Gasteiger partial charge in [0.25, 0.3) is 0 Å². The highest BCUT2D eigenvalue weighted by molar-refractivity contribution is 5.96. The minimum Gasteiger partial charge on any atom is -0.481 e. The van der Waals surface area contributed by atoms with Gasteiger partial charge in [-0.2, -0.15) is 0 Å². The molecule has 2 heterocycles. The average molecular weight is 315 g/mol. The van der Waals surface area contributed by atoms with Gasteiger partial charge in [0.15, 0.2) is 0 Å². The number of hydrogen-bond acceptors (Lipinski definition) is 3. The fourth-order valence-corrected chi connectivity index (χ4v) is 3.27. The third-order valence-electron chi connectivity index (χ3n) is 4.85. The number of carbonyl (C=O) groups is 2. The van der Waals surface area contributed by atoms with Crippen LogP contribution >= 0.6 is 0 Å². The van der Waals surface area contributed by atoms with Crippen molar-refractivity contribution in [2.75, 3.05) is 5.32 Å². The van der Waals surface area contributed by atoms with E-state index in [0.717, 1.165) is 6.42 Å². The van der Waals surface area contributed by atoms with Crippen LogP contribution in [0.4, 0.5) is 5.69 Å². The molecular formula is C18H21NO4. The van der Waals surface area contributed by atoms with Gasteiger partial charge in [0.2, 0.25) is 5.91 Å². The summed E-state index contributed by atoms with van der Waals surface area (Å²) in [7, 11) is 0. The molecule has 0 radical (unpaired) electrons. The molecule has 1 fully saturated rings. The Morgan fingerprint density at radius 1 is 1.17 bits per heavy atom. The second-order valence-electron chi connectivity index (χ2n) is 6.26. The highest BCUT2D eigenvalue weighted by Gasteiger charge is 2.53. The number of aliphatic carboxylic acids is 1. The molecular weight excluding hydrogens is 294 g/mol. The average Bonchev–Trinajstić information content (AvgIpc) is 3.15. The second kappa shape index (κ2) is 6.16. The molecule has 0 aliphatic carbocycles. The Morgan fingerprint density at radius 3 is 2.35 bits per heavy atom. The van der Waals surface area contributed by atoms with E-state index in [1.807, 2.05) is 24.3 Å². The lowest BCUT2D eigenvalue weighted by molar-refractivity contribution is -0.145. The maximum Gasteiger partial charge on any atom is 0.310 e. The molecule has 5 nitrogen and oxygen atoms in total. The fraction of sp³-hybridized carbons (Fsp3) is 0.444. The first kappa shape index (κ1) is 15.7. The van der Waals surface area contributed by atoms with Gasteiger partial charge in [-0.15, -0.1) is 0 Å². The molecule has 23 heavy (non-hydrogen) atoms. The van der Waals surface area contributed by atoms with Crippen LogP contribution in [0.2, 0.25) is 0 Å². The van der Waals surface area contributed by atoms with Crippen molar-refractivity contribution >= 4 is 17.6 Å². The van der Waals surface area contributed by atoms with Crippen molar-refractivity contribution in [2.45, 2.75) is 38.4 Å². The van der Waals surface area contributed by atoms with Gasteiger partial charge in [-0.25, -0.2) is 0 Å². The molecule has 3 rings (SSSR count). The minimum atomic E-state index is -0.992. The van der Waals surface area contributed by atoms with Crippen molar-refractivity contribution < 1.29 is 19.4 Å². The van der Waals surface area contributed by atoms with Gasteiger partial charge in [-0.3, -0.25) is 9.59 Å². The van der Waals surface area contributed by atoms with Crippen molar-refractivity contribution in [3.8, 4) is 0 Å². The maximum absolute atomic E-state index is 12.5. The number of carboxylic acid groups (broad SMARTS) is 1. The molecule has 2 aliphatic rings. The van der Waals surface area contributed by atoms with Crippen molar-refractivity contribution in [3.05, 3.63) is 42.0 Å². The van der Waals surface area contributed by atoms with E-state index in [4.69, 9.17) is 4.74 Å². The molecule has 0 unspecified atom stereocenters. The summed E-state index contributed by atoms with van der Waals surface area (Å²) >= 11 is 0. The molecule has 1 amide bonds. The van der Waals surface area contributed by atoms with Gasteiger partial charge in [0, 0.05) is 5.69 Å². The summed E-state index contributed by atoms with van der Waals surface area (Å²) in [5.41, 5.74) is 1.90. The lowest BCUT2D eigenvalue weighted by Crippen LogP contribution is -2.39. The molecule has 122 valence electrons. The van der Waals surface area contributed by atoms with E-state index in [1.165, 1.54) is 5.56 Å². The first-order valence-corrected chi connectivity index (χ1v) is 7.98. The van der Waals surface area contributed by atoms with Gasteiger partial charge in [0.1, 0.15) is 5.92 Å². The highest BCUT2D eigenvalue weighted by Crippen LogP contribution is 2.39. The summed E-state index contributed by atoms with van der Waals surface area (Å²) in [6.07, 6.45) is 3.62. The predicted octanol–water partition coefficient (Wildman–Crippen LogP) is 2.79. The van der Waals surface area contributed by atoms with E-state index in [-0.39, 0.29) is 5.91 Å². The SMILES string of the molecule is CC[C@@H](C)c1ccc(NC(=O)[C@@H]2[C@@H](C(=O)O)[C@@H]3C=C[C@@H]2O3)cc1. The van der Waals surface area contributed by atoms with Gasteiger partial charge >= 0.3 is 5.97 Å². The van der Waals surface area contributed by atoms with Crippen molar-refractivity contribution in [1.29, 1.82) is 0 Å². The number of hydrogen-bond donors (Lipinski definition) is 2. The minimum absolute atomic E-state index is 0.300. The number of nitrogens with one attached hydrogen (secondary N) is 1. The summed E-state index contributed by atoms with van der Waals surface area (Å²) in [6, 6.07) is 7.71. The molecule has 0 aromatic heterocycles. The fourth-order valence-electron chi connectivity index (χ4n) is 3.27. The standard InChI is InChI=1S/C18H21NO4/c1-3-10(2)11-4-6-12(7-5-11)19-17(20)15-13-8-9-14(23-13)16(15)18(21)22/h4-10,13-16H,3H2,1-2H3,(H,19,20)(H,21,22)/t10-,13+,14+,15+,16+/m1/s1. The predicted molar refractivity (Wildman–Crippen MR) is 86.2 cm³/mol. The molecule has 0 saturated carbocycles. The number of benzene rings is 1. The number of amides is 1. The second-order valence-corrected chi connectivity index (χ2v) is 6.26. The molecule has 1 saturated heterocycles. The van der Waals surface area contributed by atoms with Crippen LogP contribution in [-0.4, -0.2) is 29.2 Å².